The van der Waals surface area contributed by atoms with Crippen LogP contribution in [0.2, 0.25) is 0 Å². The molecule has 3 aromatic rings. The molecule has 2 heterocycles. The van der Waals surface area contributed by atoms with Crippen LogP contribution < -0.4 is 14.4 Å². The van der Waals surface area contributed by atoms with Gasteiger partial charge < -0.3 is 14.1 Å². The van der Waals surface area contributed by atoms with Crippen molar-refractivity contribution in [1.29, 1.82) is 0 Å². The van der Waals surface area contributed by atoms with Crippen molar-refractivity contribution >= 4 is 32.6 Å². The van der Waals surface area contributed by atoms with Crippen molar-refractivity contribution in [2.45, 2.75) is 24.7 Å². The molecule has 0 radical (unpaired) electrons. The van der Waals surface area contributed by atoms with Gasteiger partial charge in [0, 0.05) is 30.9 Å². The van der Waals surface area contributed by atoms with Gasteiger partial charge in [0.15, 0.2) is 5.76 Å². The summed E-state index contributed by atoms with van der Waals surface area (Å²) >= 11 is 0. The molecule has 1 aromatic heterocycles. The van der Waals surface area contributed by atoms with E-state index in [-0.39, 0.29) is 27.4 Å². The lowest BCUT2D eigenvalue weighted by Gasteiger charge is -2.33. The predicted octanol–water partition coefficient (Wildman–Crippen LogP) is 3.47. The Balaban J connectivity index is 1.67. The summed E-state index contributed by atoms with van der Waals surface area (Å²) in [6.07, 6.45) is 1.46. The van der Waals surface area contributed by atoms with E-state index in [1.54, 1.807) is 25.1 Å². The normalized spacial score (nSPS) is 13.9. The topological polar surface area (TPSA) is 88.8 Å². The molecular weight excluding hydrogens is 411 g/mol. The maximum Gasteiger partial charge on any atom is 0.300 e. The van der Waals surface area contributed by atoms with Gasteiger partial charge in [-0.3, -0.25) is 4.79 Å². The van der Waals surface area contributed by atoms with Crippen molar-refractivity contribution in [2.24, 2.45) is 0 Å². The molecule has 1 fully saturated rings. The number of carbonyl (C=O) groups excluding carboxylic acids is 1. The van der Waals surface area contributed by atoms with Crippen LogP contribution in [-0.4, -0.2) is 34.5 Å². The average molecular weight is 432 g/mol. The molecule has 7 nitrogen and oxygen atoms in total. The van der Waals surface area contributed by atoms with Crippen molar-refractivity contribution in [1.82, 2.24) is 4.72 Å². The largest absolute Gasteiger partial charge is 0.495 e. The molecule has 4 rings (SSSR count). The number of carbonyl (C=O) groups is 1. The van der Waals surface area contributed by atoms with Gasteiger partial charge in [-0.15, -0.1) is 0 Å². The van der Waals surface area contributed by atoms with Crippen molar-refractivity contribution in [3.05, 3.63) is 53.5 Å². The van der Waals surface area contributed by atoms with Crippen LogP contribution in [-0.2, 0) is 16.4 Å². The van der Waals surface area contributed by atoms with Crippen molar-refractivity contribution in [3.63, 3.8) is 0 Å². The summed E-state index contributed by atoms with van der Waals surface area (Å²) in [5.74, 6) is -1.67. The third-order valence-corrected chi connectivity index (χ3v) is 6.63. The summed E-state index contributed by atoms with van der Waals surface area (Å²) in [6, 6.07) is 9.08. The van der Waals surface area contributed by atoms with Crippen molar-refractivity contribution < 1.29 is 26.8 Å². The molecule has 1 aliphatic heterocycles. The van der Waals surface area contributed by atoms with Gasteiger partial charge >= 0.3 is 5.91 Å². The zero-order valence-electron chi connectivity index (χ0n) is 16.6. The van der Waals surface area contributed by atoms with Crippen molar-refractivity contribution in [2.75, 3.05) is 25.1 Å². The summed E-state index contributed by atoms with van der Waals surface area (Å²) < 4.78 is 53.0. The quantitative estimate of drug-likeness (QED) is 0.642. The van der Waals surface area contributed by atoms with Gasteiger partial charge in [-0.1, -0.05) is 19.1 Å². The van der Waals surface area contributed by atoms with E-state index in [9.17, 15) is 17.6 Å². The number of nitrogens with one attached hydrogen (secondary N) is 1. The number of ether oxygens (including phenoxy) is 1. The Bertz CT molecular complexity index is 1210. The van der Waals surface area contributed by atoms with E-state index >= 15 is 0 Å². The minimum Gasteiger partial charge on any atom is -0.495 e. The van der Waals surface area contributed by atoms with Crippen LogP contribution in [0.1, 0.15) is 29.5 Å². The number of benzene rings is 2. The molecule has 2 aromatic carbocycles. The van der Waals surface area contributed by atoms with E-state index in [2.05, 4.69) is 0 Å². The molecule has 0 unspecified atom stereocenters. The number of amides is 1. The molecule has 1 N–H and O–H groups in total. The van der Waals surface area contributed by atoms with Gasteiger partial charge in [0.2, 0.25) is 0 Å². The van der Waals surface area contributed by atoms with Crippen LogP contribution in [0, 0.1) is 5.82 Å². The zero-order chi connectivity index (χ0) is 21.5. The maximum atomic E-state index is 14.5. The monoisotopic (exact) mass is 432 g/mol. The second-order valence-corrected chi connectivity index (χ2v) is 8.65. The smallest absolute Gasteiger partial charge is 0.300 e. The second-order valence-electron chi connectivity index (χ2n) is 7.03. The molecule has 9 heteroatoms. The molecule has 158 valence electrons. The van der Waals surface area contributed by atoms with Crippen molar-refractivity contribution in [3.8, 4) is 5.75 Å². The zero-order valence-corrected chi connectivity index (χ0v) is 17.4. The highest BCUT2D eigenvalue weighted by Gasteiger charge is 2.27. The third kappa shape index (κ3) is 3.49. The summed E-state index contributed by atoms with van der Waals surface area (Å²) in [7, 11) is -2.89. The van der Waals surface area contributed by atoms with Gasteiger partial charge in [0.25, 0.3) is 10.0 Å². The Morgan fingerprint density at radius 3 is 2.67 bits per heavy atom. The number of halogens is 1. The highest BCUT2D eigenvalue weighted by atomic mass is 32.2. The van der Waals surface area contributed by atoms with Crippen LogP contribution in [0.5, 0.6) is 5.75 Å². The number of aryl methyl sites for hydroxylation is 1. The number of anilines is 1. The molecule has 0 spiro atoms. The lowest BCUT2D eigenvalue weighted by atomic mass is 10.1. The Hall–Kier alpha value is -3.07. The van der Waals surface area contributed by atoms with E-state index < -0.39 is 21.7 Å². The maximum absolute atomic E-state index is 14.5. The molecule has 30 heavy (non-hydrogen) atoms. The number of methoxy groups -OCH3 is 1. The number of sulfonamides is 1. The fourth-order valence-corrected chi connectivity index (χ4v) is 4.90. The fraction of sp³-hybridized carbons (Fsp3) is 0.286. The van der Waals surface area contributed by atoms with Gasteiger partial charge in [-0.2, -0.15) is 0 Å². The second kappa shape index (κ2) is 7.64. The number of furan rings is 1. The van der Waals surface area contributed by atoms with E-state index in [1.807, 2.05) is 9.62 Å². The lowest BCUT2D eigenvalue weighted by molar-refractivity contribution is 0.0956. The standard InChI is InChI=1S/C21H21FN2O5S/c1-3-13-6-4-7-17(28-2)20(13)30(26,27)23-21(25)19-12-15-16(22)10-14(11-18(15)29-19)24-8-5-9-24/h4,6-7,10-12H,3,5,8-9H2,1-2H3,(H,23,25). The third-order valence-electron chi connectivity index (χ3n) is 5.17. The number of rotatable bonds is 6. The molecule has 0 saturated carbocycles. The minimum atomic E-state index is -4.24. The minimum absolute atomic E-state index is 0.106. The summed E-state index contributed by atoms with van der Waals surface area (Å²) in [6.45, 7) is 3.46. The molecular formula is C21H21FN2O5S. The van der Waals surface area contributed by atoms with E-state index in [4.69, 9.17) is 9.15 Å². The Kier molecular flexibility index (Phi) is 5.15. The van der Waals surface area contributed by atoms with Crippen LogP contribution in [0.3, 0.4) is 0 Å². The first-order chi connectivity index (χ1) is 14.3. The number of hydrogen-bond acceptors (Lipinski definition) is 6. The molecule has 0 atom stereocenters. The van der Waals surface area contributed by atoms with Gasteiger partial charge in [0.1, 0.15) is 22.0 Å². The molecule has 0 aliphatic carbocycles. The van der Waals surface area contributed by atoms with E-state index in [0.717, 1.165) is 19.5 Å². The van der Waals surface area contributed by atoms with Crippen LogP contribution in [0.15, 0.2) is 45.7 Å². The van der Waals surface area contributed by atoms with Gasteiger partial charge in [0.05, 0.1) is 12.5 Å². The lowest BCUT2D eigenvalue weighted by Crippen LogP contribution is -2.36. The number of hydrogen-bond donors (Lipinski definition) is 1. The first kappa shape index (κ1) is 20.2. The van der Waals surface area contributed by atoms with Crippen LogP contribution in [0.25, 0.3) is 11.0 Å². The Morgan fingerprint density at radius 1 is 1.27 bits per heavy atom. The van der Waals surface area contributed by atoms with Gasteiger partial charge in [-0.05, 0) is 30.5 Å². The number of nitrogens with zero attached hydrogens (tertiary/aromatic N) is 1. The SMILES string of the molecule is CCc1cccc(OC)c1S(=O)(=O)NC(=O)c1cc2c(F)cc(N3CCC3)cc2o1. The Labute approximate surface area is 173 Å². The summed E-state index contributed by atoms with van der Waals surface area (Å²) in [5.41, 5.74) is 1.36. The molecule has 1 aliphatic rings. The van der Waals surface area contributed by atoms with Crippen LogP contribution in [0.4, 0.5) is 10.1 Å². The van der Waals surface area contributed by atoms with Crippen LogP contribution >= 0.6 is 0 Å². The van der Waals surface area contributed by atoms with Gasteiger partial charge in [-0.25, -0.2) is 17.5 Å². The average Bonchev–Trinajstić information content (AvgIpc) is 3.10. The fourth-order valence-electron chi connectivity index (χ4n) is 3.48. The first-order valence-electron chi connectivity index (χ1n) is 9.55. The molecule has 0 bridgehead atoms. The highest BCUT2D eigenvalue weighted by molar-refractivity contribution is 7.90. The summed E-state index contributed by atoms with van der Waals surface area (Å²) in [4.78, 5) is 14.5. The summed E-state index contributed by atoms with van der Waals surface area (Å²) in [5, 5.41) is 0.119. The first-order valence-corrected chi connectivity index (χ1v) is 11.0. The van der Waals surface area contributed by atoms with E-state index in [0.29, 0.717) is 17.7 Å². The predicted molar refractivity (Wildman–Crippen MR) is 110 cm³/mol. The Morgan fingerprint density at radius 2 is 2.03 bits per heavy atom. The molecule has 1 amide bonds. The van der Waals surface area contributed by atoms with E-state index in [1.165, 1.54) is 25.3 Å². The number of fused-ring (bicyclic) bond motifs is 1. The molecule has 1 saturated heterocycles. The highest BCUT2D eigenvalue weighted by Crippen LogP contribution is 2.31.